The summed E-state index contributed by atoms with van der Waals surface area (Å²) < 4.78 is 56.1. The van der Waals surface area contributed by atoms with Crippen LogP contribution in [-0.4, -0.2) is 82.1 Å². The Kier molecular flexibility index (Phi) is 9.81. The Balaban J connectivity index is 1.06. The third kappa shape index (κ3) is 7.11. The van der Waals surface area contributed by atoms with E-state index < -0.39 is 32.7 Å². The summed E-state index contributed by atoms with van der Waals surface area (Å²) in [6.07, 6.45) is 5.28. The largest absolute Gasteiger partial charge is 0.355 e. The minimum Gasteiger partial charge on any atom is -0.355 e. The van der Waals surface area contributed by atoms with Crippen molar-refractivity contribution in [3.05, 3.63) is 79.9 Å². The van der Waals surface area contributed by atoms with E-state index in [-0.39, 0.29) is 48.0 Å². The molecule has 1 aromatic carbocycles. The Morgan fingerprint density at radius 1 is 1.14 bits per heavy atom. The van der Waals surface area contributed by atoms with Gasteiger partial charge < -0.3 is 4.90 Å². The van der Waals surface area contributed by atoms with Crippen LogP contribution in [0.4, 0.5) is 14.6 Å². The third-order valence-corrected chi connectivity index (χ3v) is 13.9. The monoisotopic (exact) mass is 816 g/mol. The molecule has 8 rings (SSSR count). The van der Waals surface area contributed by atoms with Gasteiger partial charge in [0.2, 0.25) is 10.0 Å². The van der Waals surface area contributed by atoms with Crippen molar-refractivity contribution in [1.82, 2.24) is 29.1 Å². The molecule has 1 amide bonds. The van der Waals surface area contributed by atoms with E-state index in [9.17, 15) is 32.0 Å². The number of pyridine rings is 2. The molecule has 5 aromatic rings. The van der Waals surface area contributed by atoms with Crippen molar-refractivity contribution >= 4 is 65.8 Å². The van der Waals surface area contributed by atoms with Crippen molar-refractivity contribution in [3.63, 3.8) is 0 Å². The molecule has 1 N–H and O–H groups in total. The lowest BCUT2D eigenvalue weighted by atomic mass is 9.85. The van der Waals surface area contributed by atoms with Gasteiger partial charge in [-0.3, -0.25) is 24.0 Å². The van der Waals surface area contributed by atoms with Crippen LogP contribution in [0.25, 0.3) is 32.2 Å². The van der Waals surface area contributed by atoms with Crippen molar-refractivity contribution < 1.29 is 22.0 Å². The zero-order valence-electron chi connectivity index (χ0n) is 30.4. The average molecular weight is 817 g/mol. The molecule has 56 heavy (non-hydrogen) atoms. The van der Waals surface area contributed by atoms with E-state index in [4.69, 9.17) is 11.6 Å². The number of fused-ring (bicyclic) bond motifs is 2. The molecule has 0 unspecified atom stereocenters. The smallest absolute Gasteiger partial charge is 0.267 e. The number of sulfonamides is 1. The van der Waals surface area contributed by atoms with Gasteiger partial charge >= 0.3 is 0 Å². The Labute approximate surface area is 330 Å². The third-order valence-electron chi connectivity index (χ3n) is 10.9. The van der Waals surface area contributed by atoms with Crippen molar-refractivity contribution in [2.45, 2.75) is 75.2 Å². The second-order valence-corrected chi connectivity index (χ2v) is 17.8. The van der Waals surface area contributed by atoms with E-state index in [0.717, 1.165) is 0 Å². The van der Waals surface area contributed by atoms with Gasteiger partial charge in [0.15, 0.2) is 0 Å². The molecular weight excluding hydrogens is 782 g/mol. The highest BCUT2D eigenvalue weighted by atomic mass is 35.5. The van der Waals surface area contributed by atoms with Crippen LogP contribution in [0.2, 0.25) is 5.02 Å². The number of aryl methyl sites for hydroxylation is 1. The van der Waals surface area contributed by atoms with Crippen LogP contribution >= 0.6 is 22.9 Å². The molecule has 0 spiro atoms. The number of aromatic nitrogens is 4. The molecule has 4 aromatic heterocycles. The van der Waals surface area contributed by atoms with E-state index in [1.54, 1.807) is 36.6 Å². The molecule has 0 bridgehead atoms. The summed E-state index contributed by atoms with van der Waals surface area (Å²) in [5.41, 5.74) is 2.39. The summed E-state index contributed by atoms with van der Waals surface area (Å²) in [7, 11) is -1.92. The molecule has 5 heterocycles. The van der Waals surface area contributed by atoms with Gasteiger partial charge in [-0.1, -0.05) is 23.4 Å². The number of nitriles is 1. The van der Waals surface area contributed by atoms with Gasteiger partial charge in [-0.25, -0.2) is 31.9 Å². The number of hydrogen-bond acceptors (Lipinski definition) is 11. The van der Waals surface area contributed by atoms with Gasteiger partial charge in [0.25, 0.3) is 17.4 Å². The molecule has 17 heteroatoms. The highest BCUT2D eigenvalue weighted by Gasteiger charge is 2.48. The standard InChI is InChI=1S/C39H35ClF2N8O4S2/c1-22-46-32-20-45-36(48(2)25-10-14-49(15-11-25)26-17-39(41,42)18-26)30(19-43)33(32)38(52)50(22)13-3-4-23-5-6-24(40)16-29(23)28-9-12-44-34-31(21-55-35(28)34)37(51)47-56(53,54)27-7-8-27/h5-6,9,12,16,20-21,25-27H,7-8,10-11,13-15,17-18H2,1-2H3,(H,47,51). The molecule has 3 aliphatic rings. The van der Waals surface area contributed by atoms with Crippen LogP contribution in [0.3, 0.4) is 0 Å². The first-order valence-electron chi connectivity index (χ1n) is 18.1. The number of alkyl halides is 2. The van der Waals surface area contributed by atoms with Gasteiger partial charge in [0, 0.05) is 78.4 Å². The zero-order valence-corrected chi connectivity index (χ0v) is 32.7. The molecule has 12 nitrogen and oxygen atoms in total. The first-order chi connectivity index (χ1) is 26.7. The maximum atomic E-state index is 14.1. The van der Waals surface area contributed by atoms with Crippen molar-refractivity contribution in [1.29, 1.82) is 5.26 Å². The van der Waals surface area contributed by atoms with Gasteiger partial charge in [-0.05, 0) is 56.9 Å². The molecule has 3 fully saturated rings. The molecule has 1 saturated heterocycles. The van der Waals surface area contributed by atoms with E-state index in [2.05, 4.69) is 42.5 Å². The highest BCUT2D eigenvalue weighted by molar-refractivity contribution is 7.91. The molecular formula is C39H35ClF2N8O4S2. The van der Waals surface area contributed by atoms with E-state index in [1.165, 1.54) is 28.3 Å². The maximum absolute atomic E-state index is 14.1. The molecule has 2 saturated carbocycles. The number of carbonyl (C=O) groups excluding carboxylic acids is 1. The molecule has 2 aliphatic carbocycles. The Morgan fingerprint density at radius 3 is 2.59 bits per heavy atom. The van der Waals surface area contributed by atoms with Crippen molar-refractivity contribution in [2.24, 2.45) is 0 Å². The number of rotatable bonds is 8. The lowest BCUT2D eigenvalue weighted by molar-refractivity contribution is -0.127. The van der Waals surface area contributed by atoms with Crippen LogP contribution in [0, 0.1) is 30.1 Å². The zero-order chi connectivity index (χ0) is 39.5. The Hall–Kier alpha value is -5.00. The summed E-state index contributed by atoms with van der Waals surface area (Å²) in [5, 5.41) is 12.0. The summed E-state index contributed by atoms with van der Waals surface area (Å²) >= 11 is 7.70. The number of benzene rings is 1. The van der Waals surface area contributed by atoms with Crippen LogP contribution in [-0.2, 0) is 16.6 Å². The fourth-order valence-corrected chi connectivity index (χ4v) is 10.1. The average Bonchev–Trinajstić information content (AvgIpc) is 3.94. The topological polar surface area (TPSA) is 154 Å². The second-order valence-electron chi connectivity index (χ2n) is 14.5. The number of thiophene rings is 1. The van der Waals surface area contributed by atoms with E-state index >= 15 is 0 Å². The van der Waals surface area contributed by atoms with Crippen LogP contribution in [0.1, 0.15) is 65.8 Å². The van der Waals surface area contributed by atoms with E-state index in [1.807, 2.05) is 11.9 Å². The lowest BCUT2D eigenvalue weighted by Gasteiger charge is -2.46. The minimum atomic E-state index is -3.76. The quantitative estimate of drug-likeness (QED) is 0.188. The number of nitrogens with zero attached hydrogens (tertiary/aromatic N) is 7. The second kappa shape index (κ2) is 14.5. The number of amides is 1. The predicted octanol–water partition coefficient (Wildman–Crippen LogP) is 5.87. The Morgan fingerprint density at radius 2 is 1.89 bits per heavy atom. The summed E-state index contributed by atoms with van der Waals surface area (Å²) in [6, 6.07) is 9.06. The van der Waals surface area contributed by atoms with Gasteiger partial charge in [-0.2, -0.15) is 5.26 Å². The summed E-state index contributed by atoms with van der Waals surface area (Å²) in [5.74, 6) is 3.68. The lowest BCUT2D eigenvalue weighted by Crippen LogP contribution is -2.55. The molecule has 1 aliphatic heterocycles. The van der Waals surface area contributed by atoms with Crippen LogP contribution < -0.4 is 15.2 Å². The number of anilines is 1. The first kappa shape index (κ1) is 37.9. The number of nitrogens with one attached hydrogen (secondary N) is 1. The maximum Gasteiger partial charge on any atom is 0.267 e. The number of halogens is 3. The SMILES string of the molecule is Cc1nc2cnc(N(C)C3CCN(C4CC(F)(F)C4)CC3)c(C#N)c2c(=O)n1CC#Cc1ccc(Cl)cc1-c1ccnc2c(C(=O)NS(=O)(=O)C3CC3)csc12. The Bertz CT molecular complexity index is 2700. The van der Waals surface area contributed by atoms with Crippen molar-refractivity contribution in [2.75, 3.05) is 25.0 Å². The molecule has 0 atom stereocenters. The fourth-order valence-electron chi connectivity index (χ4n) is 7.58. The molecule has 0 radical (unpaired) electrons. The van der Waals surface area contributed by atoms with E-state index in [0.29, 0.717) is 87.9 Å². The summed E-state index contributed by atoms with van der Waals surface area (Å²) in [6.45, 7) is 2.97. The number of likely N-dealkylation sites (tertiary alicyclic amines) is 1. The molecule has 288 valence electrons. The van der Waals surface area contributed by atoms with Crippen molar-refractivity contribution in [3.8, 4) is 29.0 Å². The fraction of sp³-hybridized carbons (Fsp3) is 0.385. The van der Waals surface area contributed by atoms with Crippen LogP contribution in [0.5, 0.6) is 0 Å². The highest BCUT2D eigenvalue weighted by Crippen LogP contribution is 2.42. The van der Waals surface area contributed by atoms with Gasteiger partial charge in [-0.15, -0.1) is 11.3 Å². The van der Waals surface area contributed by atoms with Gasteiger partial charge in [0.05, 0.1) is 44.7 Å². The summed E-state index contributed by atoms with van der Waals surface area (Å²) in [4.78, 5) is 44.7. The van der Waals surface area contributed by atoms with Gasteiger partial charge in [0.1, 0.15) is 23.3 Å². The number of carbonyl (C=O) groups is 1. The minimum absolute atomic E-state index is 0.00646. The number of hydrogen-bond donors (Lipinski definition) is 1. The normalized spacial score (nSPS) is 17.6. The van der Waals surface area contributed by atoms with Crippen LogP contribution in [0.15, 0.2) is 46.8 Å². The predicted molar refractivity (Wildman–Crippen MR) is 211 cm³/mol. The number of piperidine rings is 1. The first-order valence-corrected chi connectivity index (χ1v) is 20.9.